The molecule has 6 nitrogen and oxygen atoms in total. The van der Waals surface area contributed by atoms with Gasteiger partial charge in [-0.05, 0) is 42.5 Å². The van der Waals surface area contributed by atoms with Crippen LogP contribution >= 0.6 is 0 Å². The van der Waals surface area contributed by atoms with Crippen molar-refractivity contribution in [3.8, 4) is 0 Å². The topological polar surface area (TPSA) is 105 Å². The smallest absolute Gasteiger partial charge is 0.356 e. The molecule has 0 bridgehead atoms. The van der Waals surface area contributed by atoms with Gasteiger partial charge in [-0.2, -0.15) is 11.8 Å². The van der Waals surface area contributed by atoms with Gasteiger partial charge in [0.1, 0.15) is 0 Å². The fraction of sp³-hybridized carbons (Fsp3) is 0.333. The maximum Gasteiger partial charge on any atom is 0.356 e. The molecule has 0 spiro atoms. The van der Waals surface area contributed by atoms with E-state index >= 15 is 0 Å². The molecular weight excluding hydrogens is 236 g/mol. The van der Waals surface area contributed by atoms with E-state index in [1.54, 1.807) is 18.2 Å². The number of carbonyl (C=O) groups is 2. The maximum atomic E-state index is 11.4. The minimum atomic E-state index is -0.568. The van der Waals surface area contributed by atoms with Crippen LogP contribution in [0.3, 0.4) is 0 Å². The third-order valence-corrected chi connectivity index (χ3v) is 3.23. The van der Waals surface area contributed by atoms with Crippen LogP contribution in [0.15, 0.2) is 18.2 Å². The predicted molar refractivity (Wildman–Crippen MR) is 61.8 cm³/mol. The van der Waals surface area contributed by atoms with E-state index in [0.29, 0.717) is 24.8 Å². The summed E-state index contributed by atoms with van der Waals surface area (Å²) in [6, 6.07) is 5.18. The zero-order valence-electron chi connectivity index (χ0n) is 9.72. The number of rotatable bonds is 2. The van der Waals surface area contributed by atoms with E-state index in [4.69, 9.17) is 11.8 Å². The van der Waals surface area contributed by atoms with Gasteiger partial charge < -0.3 is 9.68 Å². The molecule has 1 aromatic carbocycles. The highest BCUT2D eigenvalue weighted by Gasteiger charge is 2.26. The standard InChI is InChI=1S/C12H14N2O4/c13-17-11(15)9-3-1-7-5-10(12(16)18-14)4-2-8(7)6-9/h1,3,6,10H,2,4-5,13-14H2. The molecule has 1 atom stereocenters. The van der Waals surface area contributed by atoms with E-state index in [1.165, 1.54) is 0 Å². The molecule has 2 rings (SSSR count). The molecule has 1 aromatic rings. The number of nitrogens with two attached hydrogens (primary N) is 2. The van der Waals surface area contributed by atoms with Crippen LogP contribution in [0.5, 0.6) is 0 Å². The summed E-state index contributed by atoms with van der Waals surface area (Å²) in [5, 5.41) is 0. The van der Waals surface area contributed by atoms with E-state index in [1.807, 2.05) is 0 Å². The average molecular weight is 250 g/mol. The number of carbonyl (C=O) groups excluding carboxylic acids is 2. The van der Waals surface area contributed by atoms with Gasteiger partial charge in [-0.15, -0.1) is 0 Å². The van der Waals surface area contributed by atoms with Crippen LogP contribution in [0, 0.1) is 5.92 Å². The molecule has 4 N–H and O–H groups in total. The summed E-state index contributed by atoms with van der Waals surface area (Å²) in [4.78, 5) is 31.1. The highest BCUT2D eigenvalue weighted by Crippen LogP contribution is 2.27. The molecule has 1 aliphatic rings. The predicted octanol–water partition coefficient (Wildman–Crippen LogP) is 0.239. The first-order chi connectivity index (χ1) is 8.65. The van der Waals surface area contributed by atoms with E-state index < -0.39 is 11.9 Å². The van der Waals surface area contributed by atoms with Crippen molar-refractivity contribution in [3.63, 3.8) is 0 Å². The Balaban J connectivity index is 2.20. The van der Waals surface area contributed by atoms with Crippen LogP contribution in [0.25, 0.3) is 0 Å². The van der Waals surface area contributed by atoms with Crippen molar-refractivity contribution in [2.24, 2.45) is 17.7 Å². The minimum Gasteiger partial charge on any atom is -0.373 e. The fourth-order valence-electron chi connectivity index (χ4n) is 2.25. The lowest BCUT2D eigenvalue weighted by molar-refractivity contribution is -0.149. The molecule has 0 saturated heterocycles. The summed E-state index contributed by atoms with van der Waals surface area (Å²) in [7, 11) is 0. The Morgan fingerprint density at radius 3 is 2.61 bits per heavy atom. The van der Waals surface area contributed by atoms with Crippen LogP contribution in [0.1, 0.15) is 27.9 Å². The summed E-state index contributed by atoms with van der Waals surface area (Å²) < 4.78 is 0. The first kappa shape index (κ1) is 12.5. The Hall–Kier alpha value is -1.92. The molecule has 0 aliphatic heterocycles. The molecule has 1 aliphatic carbocycles. The number of benzene rings is 1. The summed E-state index contributed by atoms with van der Waals surface area (Å²) in [6.45, 7) is 0. The highest BCUT2D eigenvalue weighted by atomic mass is 16.7. The van der Waals surface area contributed by atoms with Crippen molar-refractivity contribution in [3.05, 3.63) is 34.9 Å². The molecule has 0 radical (unpaired) electrons. The Morgan fingerprint density at radius 2 is 1.94 bits per heavy atom. The number of aryl methyl sites for hydroxylation is 1. The average Bonchev–Trinajstić information content (AvgIpc) is 2.44. The normalized spacial score (nSPS) is 17.8. The lowest BCUT2D eigenvalue weighted by Crippen LogP contribution is -2.26. The maximum absolute atomic E-state index is 11.4. The van der Waals surface area contributed by atoms with Crippen LogP contribution in [0.4, 0.5) is 0 Å². The largest absolute Gasteiger partial charge is 0.373 e. The summed E-state index contributed by atoms with van der Waals surface area (Å²) in [6.07, 6.45) is 1.92. The van der Waals surface area contributed by atoms with E-state index in [9.17, 15) is 9.59 Å². The van der Waals surface area contributed by atoms with Gasteiger partial charge in [-0.25, -0.2) is 4.79 Å². The van der Waals surface area contributed by atoms with Crippen molar-refractivity contribution in [1.82, 2.24) is 0 Å². The molecule has 6 heteroatoms. The number of hydrogen-bond acceptors (Lipinski definition) is 6. The van der Waals surface area contributed by atoms with Gasteiger partial charge in [-0.3, -0.25) is 4.79 Å². The van der Waals surface area contributed by atoms with Gasteiger partial charge in [-0.1, -0.05) is 6.07 Å². The number of hydrogen-bond donors (Lipinski definition) is 2. The summed E-state index contributed by atoms with van der Waals surface area (Å²) >= 11 is 0. The second-order valence-corrected chi connectivity index (χ2v) is 4.27. The second-order valence-electron chi connectivity index (χ2n) is 4.27. The first-order valence-electron chi connectivity index (χ1n) is 5.59. The molecule has 0 aromatic heterocycles. The lowest BCUT2D eigenvalue weighted by atomic mass is 9.83. The molecule has 18 heavy (non-hydrogen) atoms. The molecule has 0 amide bonds. The SMILES string of the molecule is NOC(=O)c1ccc2c(c1)CCC(C(=O)ON)C2. The Labute approximate surface area is 104 Å². The minimum absolute atomic E-state index is 0.213. The third kappa shape index (κ3) is 2.34. The van der Waals surface area contributed by atoms with Crippen LogP contribution in [0.2, 0.25) is 0 Å². The zero-order valence-corrected chi connectivity index (χ0v) is 9.72. The van der Waals surface area contributed by atoms with Crippen LogP contribution in [-0.4, -0.2) is 11.9 Å². The molecule has 0 saturated carbocycles. The van der Waals surface area contributed by atoms with Crippen molar-refractivity contribution >= 4 is 11.9 Å². The third-order valence-electron chi connectivity index (χ3n) is 3.23. The molecule has 96 valence electrons. The van der Waals surface area contributed by atoms with Gasteiger partial charge in [0.05, 0.1) is 11.5 Å². The molecule has 1 unspecified atom stereocenters. The second kappa shape index (κ2) is 5.16. The Kier molecular flexibility index (Phi) is 3.59. The van der Waals surface area contributed by atoms with E-state index in [-0.39, 0.29) is 5.92 Å². The van der Waals surface area contributed by atoms with E-state index in [2.05, 4.69) is 9.68 Å². The van der Waals surface area contributed by atoms with E-state index in [0.717, 1.165) is 11.1 Å². The fourth-order valence-corrected chi connectivity index (χ4v) is 2.25. The van der Waals surface area contributed by atoms with Gasteiger partial charge in [0.15, 0.2) is 0 Å². The van der Waals surface area contributed by atoms with Crippen LogP contribution < -0.4 is 11.8 Å². The van der Waals surface area contributed by atoms with Gasteiger partial charge in [0.25, 0.3) is 0 Å². The molecule has 0 heterocycles. The summed E-state index contributed by atoms with van der Waals surface area (Å²) in [5.41, 5.74) is 2.46. The first-order valence-corrected chi connectivity index (χ1v) is 5.59. The lowest BCUT2D eigenvalue weighted by Gasteiger charge is -2.22. The van der Waals surface area contributed by atoms with Crippen molar-refractivity contribution in [1.29, 1.82) is 0 Å². The Morgan fingerprint density at radius 1 is 1.17 bits per heavy atom. The van der Waals surface area contributed by atoms with Crippen LogP contribution in [-0.2, 0) is 27.3 Å². The zero-order chi connectivity index (χ0) is 13.1. The van der Waals surface area contributed by atoms with Crippen molar-refractivity contribution in [2.75, 3.05) is 0 Å². The van der Waals surface area contributed by atoms with Crippen molar-refractivity contribution in [2.45, 2.75) is 19.3 Å². The van der Waals surface area contributed by atoms with Gasteiger partial charge in [0, 0.05) is 0 Å². The Bertz CT molecular complexity index is 487. The van der Waals surface area contributed by atoms with Crippen molar-refractivity contribution < 1.29 is 19.3 Å². The molecule has 0 fully saturated rings. The quantitative estimate of drug-likeness (QED) is 0.728. The van der Waals surface area contributed by atoms with Gasteiger partial charge in [0.2, 0.25) is 0 Å². The monoisotopic (exact) mass is 250 g/mol. The molecular formula is C12H14N2O4. The highest BCUT2D eigenvalue weighted by molar-refractivity contribution is 5.89. The van der Waals surface area contributed by atoms with Gasteiger partial charge >= 0.3 is 11.9 Å². The number of fused-ring (bicyclic) bond motifs is 1. The summed E-state index contributed by atoms with van der Waals surface area (Å²) in [5.74, 6) is 8.54.